The first-order chi connectivity index (χ1) is 14.4. The smallest absolute Gasteiger partial charge is 0.251 e. The largest absolute Gasteiger partial charge is 0.494 e. The second-order valence-corrected chi connectivity index (χ2v) is 7.82. The van der Waals surface area contributed by atoms with Gasteiger partial charge in [-0.15, -0.1) is 0 Å². The van der Waals surface area contributed by atoms with Crippen molar-refractivity contribution in [1.29, 1.82) is 0 Å². The van der Waals surface area contributed by atoms with Crippen LogP contribution in [-0.2, 0) is 4.79 Å². The first-order valence-electron chi connectivity index (χ1n) is 10.5. The van der Waals surface area contributed by atoms with Gasteiger partial charge in [0.15, 0.2) is 0 Å². The molecule has 0 aliphatic carbocycles. The third kappa shape index (κ3) is 8.15. The zero-order valence-electron chi connectivity index (χ0n) is 18.3. The normalized spacial score (nSPS) is 11.6. The van der Waals surface area contributed by atoms with E-state index in [1.54, 1.807) is 24.3 Å². The van der Waals surface area contributed by atoms with E-state index in [2.05, 4.69) is 29.8 Å². The third-order valence-corrected chi connectivity index (χ3v) is 4.69. The highest BCUT2D eigenvalue weighted by atomic mass is 16.5. The van der Waals surface area contributed by atoms with Crippen LogP contribution in [0.4, 0.5) is 11.4 Å². The Hall–Kier alpha value is -3.02. The Labute approximate surface area is 179 Å². The number of nitrogens with one attached hydrogen (secondary N) is 3. The Morgan fingerprint density at radius 2 is 1.57 bits per heavy atom. The average molecular weight is 412 g/mol. The van der Waals surface area contributed by atoms with Crippen LogP contribution in [0.25, 0.3) is 0 Å². The maximum atomic E-state index is 12.2. The van der Waals surface area contributed by atoms with Gasteiger partial charge in [0.25, 0.3) is 5.91 Å². The van der Waals surface area contributed by atoms with Gasteiger partial charge in [-0.25, -0.2) is 0 Å². The molecule has 1 unspecified atom stereocenters. The minimum absolute atomic E-state index is 0.0923. The van der Waals surface area contributed by atoms with Crippen LogP contribution < -0.4 is 20.7 Å². The van der Waals surface area contributed by atoms with Crippen molar-refractivity contribution in [2.45, 2.75) is 46.6 Å². The van der Waals surface area contributed by atoms with E-state index in [9.17, 15) is 9.59 Å². The molecule has 0 spiro atoms. The molecule has 30 heavy (non-hydrogen) atoms. The van der Waals surface area contributed by atoms with E-state index in [1.165, 1.54) is 0 Å². The van der Waals surface area contributed by atoms with Crippen LogP contribution in [0.2, 0.25) is 0 Å². The molecule has 2 aromatic rings. The monoisotopic (exact) mass is 411 g/mol. The van der Waals surface area contributed by atoms with E-state index in [-0.39, 0.29) is 24.4 Å². The summed E-state index contributed by atoms with van der Waals surface area (Å²) in [5, 5.41) is 8.84. The Morgan fingerprint density at radius 3 is 2.17 bits per heavy atom. The molecule has 0 radical (unpaired) electrons. The van der Waals surface area contributed by atoms with Gasteiger partial charge in [0, 0.05) is 23.0 Å². The molecule has 2 amide bonds. The van der Waals surface area contributed by atoms with E-state index in [0.717, 1.165) is 30.0 Å². The Kier molecular flexibility index (Phi) is 9.19. The van der Waals surface area contributed by atoms with Gasteiger partial charge < -0.3 is 20.7 Å². The molecule has 0 aromatic heterocycles. The number of ether oxygens (including phenoxy) is 1. The molecular formula is C24H33N3O3. The van der Waals surface area contributed by atoms with Gasteiger partial charge in [-0.3, -0.25) is 9.59 Å². The summed E-state index contributed by atoms with van der Waals surface area (Å²) in [6.07, 6.45) is 1.89. The lowest BCUT2D eigenvalue weighted by atomic mass is 10.1. The fraction of sp³-hybridized carbons (Fsp3) is 0.417. The number of benzene rings is 2. The SMILES string of the molecule is CCC(C)NC(=O)c1ccc(NCC(=O)Nc2ccc(OCCC(C)C)cc2)cc1. The fourth-order valence-electron chi connectivity index (χ4n) is 2.58. The standard InChI is InChI=1S/C24H33N3O3/c1-5-18(4)26-24(29)19-6-8-20(9-7-19)25-16-23(28)27-21-10-12-22(13-11-21)30-15-14-17(2)3/h6-13,17-18,25H,5,14-16H2,1-4H3,(H,26,29)(H,27,28). The van der Waals surface area contributed by atoms with E-state index in [1.807, 2.05) is 38.1 Å². The van der Waals surface area contributed by atoms with E-state index < -0.39 is 0 Å². The molecule has 6 heteroatoms. The molecule has 2 aromatic carbocycles. The third-order valence-electron chi connectivity index (χ3n) is 4.69. The van der Waals surface area contributed by atoms with Crippen molar-refractivity contribution in [3.8, 4) is 5.75 Å². The van der Waals surface area contributed by atoms with Gasteiger partial charge in [-0.05, 0) is 74.2 Å². The summed E-state index contributed by atoms with van der Waals surface area (Å²) in [6.45, 7) is 9.14. The Morgan fingerprint density at radius 1 is 0.933 bits per heavy atom. The fourth-order valence-corrected chi connectivity index (χ4v) is 2.58. The van der Waals surface area contributed by atoms with Gasteiger partial charge in [-0.1, -0.05) is 20.8 Å². The molecular weight excluding hydrogens is 378 g/mol. The first-order valence-corrected chi connectivity index (χ1v) is 10.5. The summed E-state index contributed by atoms with van der Waals surface area (Å²) in [5.41, 5.74) is 2.09. The number of carbonyl (C=O) groups excluding carboxylic acids is 2. The van der Waals surface area contributed by atoms with E-state index >= 15 is 0 Å². The van der Waals surface area contributed by atoms with Gasteiger partial charge in [-0.2, -0.15) is 0 Å². The zero-order valence-corrected chi connectivity index (χ0v) is 18.3. The molecule has 0 fully saturated rings. The topological polar surface area (TPSA) is 79.5 Å². The number of hydrogen-bond acceptors (Lipinski definition) is 4. The number of hydrogen-bond donors (Lipinski definition) is 3. The van der Waals surface area contributed by atoms with Crippen LogP contribution in [0.3, 0.4) is 0 Å². The molecule has 0 saturated heterocycles. The van der Waals surface area contributed by atoms with E-state index in [0.29, 0.717) is 18.1 Å². The van der Waals surface area contributed by atoms with Gasteiger partial charge in [0.05, 0.1) is 13.2 Å². The second kappa shape index (κ2) is 11.9. The summed E-state index contributed by atoms with van der Waals surface area (Å²) < 4.78 is 5.68. The summed E-state index contributed by atoms with van der Waals surface area (Å²) in [6, 6.07) is 14.6. The van der Waals surface area contributed by atoms with Crippen molar-refractivity contribution < 1.29 is 14.3 Å². The molecule has 0 heterocycles. The van der Waals surface area contributed by atoms with Crippen molar-refractivity contribution >= 4 is 23.2 Å². The van der Waals surface area contributed by atoms with Crippen molar-refractivity contribution in [2.24, 2.45) is 5.92 Å². The molecule has 1 atom stereocenters. The number of anilines is 2. The minimum Gasteiger partial charge on any atom is -0.494 e. The van der Waals surface area contributed by atoms with Gasteiger partial charge in [0.1, 0.15) is 5.75 Å². The van der Waals surface area contributed by atoms with Crippen molar-refractivity contribution in [2.75, 3.05) is 23.8 Å². The first kappa shape index (κ1) is 23.3. The molecule has 0 aliphatic rings. The summed E-state index contributed by atoms with van der Waals surface area (Å²) in [4.78, 5) is 24.3. The second-order valence-electron chi connectivity index (χ2n) is 7.82. The van der Waals surface area contributed by atoms with Crippen LogP contribution >= 0.6 is 0 Å². The van der Waals surface area contributed by atoms with Crippen LogP contribution in [0, 0.1) is 5.92 Å². The number of rotatable bonds is 11. The summed E-state index contributed by atoms with van der Waals surface area (Å²) in [5.74, 6) is 1.16. The Bertz CT molecular complexity index is 801. The maximum Gasteiger partial charge on any atom is 0.251 e. The highest BCUT2D eigenvalue weighted by Crippen LogP contribution is 2.16. The summed E-state index contributed by atoms with van der Waals surface area (Å²) in [7, 11) is 0. The molecule has 3 N–H and O–H groups in total. The predicted octanol–water partition coefficient (Wildman–Crippen LogP) is 4.69. The molecule has 0 aliphatic heterocycles. The molecule has 6 nitrogen and oxygen atoms in total. The van der Waals surface area contributed by atoms with Gasteiger partial charge in [0.2, 0.25) is 5.91 Å². The molecule has 0 bridgehead atoms. The van der Waals surface area contributed by atoms with Crippen molar-refractivity contribution in [3.05, 3.63) is 54.1 Å². The van der Waals surface area contributed by atoms with E-state index in [4.69, 9.17) is 4.74 Å². The molecule has 2 rings (SSSR count). The maximum absolute atomic E-state index is 12.2. The van der Waals surface area contributed by atoms with Crippen LogP contribution in [0.1, 0.15) is 50.9 Å². The van der Waals surface area contributed by atoms with Gasteiger partial charge >= 0.3 is 0 Å². The average Bonchev–Trinajstić information content (AvgIpc) is 2.73. The molecule has 0 saturated carbocycles. The van der Waals surface area contributed by atoms with Crippen LogP contribution in [0.5, 0.6) is 5.75 Å². The Balaban J connectivity index is 1.77. The minimum atomic E-state index is -0.151. The zero-order chi connectivity index (χ0) is 21.9. The highest BCUT2D eigenvalue weighted by molar-refractivity contribution is 5.95. The lowest BCUT2D eigenvalue weighted by molar-refractivity contribution is -0.114. The van der Waals surface area contributed by atoms with Crippen LogP contribution in [0.15, 0.2) is 48.5 Å². The quantitative estimate of drug-likeness (QED) is 0.501. The summed E-state index contributed by atoms with van der Waals surface area (Å²) >= 11 is 0. The number of carbonyl (C=O) groups is 2. The van der Waals surface area contributed by atoms with Crippen molar-refractivity contribution in [3.63, 3.8) is 0 Å². The lowest BCUT2D eigenvalue weighted by Crippen LogP contribution is -2.31. The molecule has 162 valence electrons. The lowest BCUT2D eigenvalue weighted by Gasteiger charge is -2.12. The van der Waals surface area contributed by atoms with Crippen molar-refractivity contribution in [1.82, 2.24) is 5.32 Å². The van der Waals surface area contributed by atoms with Crippen LogP contribution in [-0.4, -0.2) is 31.0 Å². The predicted molar refractivity (Wildman–Crippen MR) is 122 cm³/mol. The highest BCUT2D eigenvalue weighted by Gasteiger charge is 2.09. The number of amides is 2.